The number of hydrogen-bond donors (Lipinski definition) is 1. The van der Waals surface area contributed by atoms with E-state index in [1.807, 2.05) is 6.92 Å². The van der Waals surface area contributed by atoms with E-state index in [4.69, 9.17) is 5.73 Å². The zero-order valence-electron chi connectivity index (χ0n) is 8.82. The Labute approximate surface area is 91.0 Å². The Hall–Kier alpha value is -1.56. The molecule has 0 aliphatic heterocycles. The van der Waals surface area contributed by atoms with Gasteiger partial charge in [0.1, 0.15) is 5.52 Å². The second-order valence-electron chi connectivity index (χ2n) is 3.69. The largest absolute Gasteiger partial charge is 0.326 e. The SMILES string of the molecule is CCC(N)Cn1nnc2cc(F)c(F)cc21. The van der Waals surface area contributed by atoms with Gasteiger partial charge in [-0.15, -0.1) is 5.10 Å². The Morgan fingerprint density at radius 1 is 1.38 bits per heavy atom. The van der Waals surface area contributed by atoms with Crippen LogP contribution in [0.5, 0.6) is 0 Å². The molecule has 6 heteroatoms. The van der Waals surface area contributed by atoms with Gasteiger partial charge >= 0.3 is 0 Å². The van der Waals surface area contributed by atoms with Crippen molar-refractivity contribution in [1.82, 2.24) is 15.0 Å². The third-order valence-electron chi connectivity index (χ3n) is 2.49. The smallest absolute Gasteiger partial charge is 0.161 e. The molecule has 0 bridgehead atoms. The van der Waals surface area contributed by atoms with Crippen LogP contribution >= 0.6 is 0 Å². The molecule has 0 amide bonds. The van der Waals surface area contributed by atoms with Gasteiger partial charge in [0, 0.05) is 18.2 Å². The molecule has 2 aromatic rings. The second-order valence-corrected chi connectivity index (χ2v) is 3.69. The standard InChI is InChI=1S/C10H12F2N4/c1-2-6(13)5-16-10-4-8(12)7(11)3-9(10)14-15-16/h3-4,6H,2,5,13H2,1H3. The zero-order chi connectivity index (χ0) is 11.7. The Balaban J connectivity index is 2.44. The number of hydrogen-bond acceptors (Lipinski definition) is 3. The van der Waals surface area contributed by atoms with Crippen molar-refractivity contribution in [1.29, 1.82) is 0 Å². The summed E-state index contributed by atoms with van der Waals surface area (Å²) in [5.74, 6) is -1.82. The summed E-state index contributed by atoms with van der Waals surface area (Å²) in [4.78, 5) is 0. The summed E-state index contributed by atoms with van der Waals surface area (Å²) in [6.07, 6.45) is 0.783. The van der Waals surface area contributed by atoms with E-state index in [0.29, 0.717) is 17.6 Å². The lowest BCUT2D eigenvalue weighted by atomic mass is 10.2. The van der Waals surface area contributed by atoms with Crippen LogP contribution in [-0.4, -0.2) is 21.0 Å². The number of nitrogens with two attached hydrogens (primary N) is 1. The van der Waals surface area contributed by atoms with Crippen molar-refractivity contribution in [2.45, 2.75) is 25.9 Å². The molecule has 2 N–H and O–H groups in total. The molecule has 0 fully saturated rings. The van der Waals surface area contributed by atoms with Crippen molar-refractivity contribution in [3.63, 3.8) is 0 Å². The Bertz CT molecular complexity index is 509. The molecule has 1 aromatic heterocycles. The molecular weight excluding hydrogens is 214 g/mol. The summed E-state index contributed by atoms with van der Waals surface area (Å²) < 4.78 is 27.5. The van der Waals surface area contributed by atoms with E-state index in [1.165, 1.54) is 4.68 Å². The molecule has 0 saturated carbocycles. The van der Waals surface area contributed by atoms with Gasteiger partial charge in [-0.2, -0.15) is 0 Å². The van der Waals surface area contributed by atoms with Crippen molar-refractivity contribution < 1.29 is 8.78 Å². The van der Waals surface area contributed by atoms with Gasteiger partial charge in [-0.1, -0.05) is 12.1 Å². The van der Waals surface area contributed by atoms with E-state index < -0.39 is 11.6 Å². The number of rotatable bonds is 3. The van der Waals surface area contributed by atoms with Gasteiger partial charge in [-0.3, -0.25) is 0 Å². The van der Waals surface area contributed by atoms with Crippen molar-refractivity contribution >= 4 is 11.0 Å². The van der Waals surface area contributed by atoms with E-state index in [2.05, 4.69) is 10.3 Å². The van der Waals surface area contributed by atoms with E-state index in [1.54, 1.807) is 0 Å². The molecule has 86 valence electrons. The Kier molecular flexibility index (Phi) is 2.82. The minimum Gasteiger partial charge on any atom is -0.326 e. The maximum absolute atomic E-state index is 13.1. The van der Waals surface area contributed by atoms with Crippen LogP contribution in [0.25, 0.3) is 11.0 Å². The summed E-state index contributed by atoms with van der Waals surface area (Å²) in [5.41, 5.74) is 6.56. The second kappa shape index (κ2) is 4.13. The first kappa shape index (κ1) is 10.9. The normalized spacial score (nSPS) is 13.2. The molecule has 1 unspecified atom stereocenters. The first-order valence-electron chi connectivity index (χ1n) is 5.05. The molecule has 1 aromatic carbocycles. The van der Waals surface area contributed by atoms with Gasteiger partial charge in [-0.05, 0) is 6.42 Å². The minimum absolute atomic E-state index is 0.0713. The molecule has 0 spiro atoms. The lowest BCUT2D eigenvalue weighted by molar-refractivity contribution is 0.495. The van der Waals surface area contributed by atoms with Gasteiger partial charge < -0.3 is 5.73 Å². The topological polar surface area (TPSA) is 56.7 Å². The van der Waals surface area contributed by atoms with Crippen molar-refractivity contribution in [2.24, 2.45) is 5.73 Å². The van der Waals surface area contributed by atoms with Gasteiger partial charge in [0.05, 0.1) is 12.1 Å². The third kappa shape index (κ3) is 1.88. The molecule has 0 aliphatic rings. The van der Waals surface area contributed by atoms with E-state index in [-0.39, 0.29) is 6.04 Å². The van der Waals surface area contributed by atoms with Gasteiger partial charge in [-0.25, -0.2) is 13.5 Å². The average Bonchev–Trinajstić information content (AvgIpc) is 2.62. The van der Waals surface area contributed by atoms with Gasteiger partial charge in [0.25, 0.3) is 0 Å². The number of aromatic nitrogens is 3. The maximum Gasteiger partial charge on any atom is 0.161 e. The molecule has 1 atom stereocenters. The summed E-state index contributed by atoms with van der Waals surface area (Å²) in [6, 6.07) is 2.05. The molecule has 4 nitrogen and oxygen atoms in total. The number of halogens is 2. The number of fused-ring (bicyclic) bond motifs is 1. The average molecular weight is 226 g/mol. The molecule has 0 saturated heterocycles. The molecule has 0 aliphatic carbocycles. The maximum atomic E-state index is 13.1. The van der Waals surface area contributed by atoms with Crippen molar-refractivity contribution in [3.05, 3.63) is 23.8 Å². The van der Waals surface area contributed by atoms with Crippen LogP contribution in [0.4, 0.5) is 8.78 Å². The van der Waals surface area contributed by atoms with E-state index in [9.17, 15) is 8.78 Å². The van der Waals surface area contributed by atoms with E-state index in [0.717, 1.165) is 18.6 Å². The number of benzene rings is 1. The molecule has 0 radical (unpaired) electrons. The fraction of sp³-hybridized carbons (Fsp3) is 0.400. The highest BCUT2D eigenvalue weighted by Crippen LogP contribution is 2.16. The fourth-order valence-corrected chi connectivity index (χ4v) is 1.45. The Morgan fingerprint density at radius 2 is 2.06 bits per heavy atom. The van der Waals surface area contributed by atoms with E-state index >= 15 is 0 Å². The van der Waals surface area contributed by atoms with Crippen LogP contribution in [0, 0.1) is 11.6 Å². The molecular formula is C10H12F2N4. The predicted molar refractivity (Wildman–Crippen MR) is 55.7 cm³/mol. The summed E-state index contributed by atoms with van der Waals surface area (Å²) in [6.45, 7) is 2.39. The van der Waals surface area contributed by atoms with Crippen LogP contribution < -0.4 is 5.73 Å². The first-order chi connectivity index (χ1) is 7.61. The van der Waals surface area contributed by atoms with Crippen LogP contribution in [0.1, 0.15) is 13.3 Å². The van der Waals surface area contributed by atoms with Gasteiger partial charge in [0.15, 0.2) is 11.6 Å². The summed E-state index contributed by atoms with van der Waals surface area (Å²) >= 11 is 0. The summed E-state index contributed by atoms with van der Waals surface area (Å²) in [5, 5.41) is 7.58. The highest BCUT2D eigenvalue weighted by molar-refractivity contribution is 5.74. The van der Waals surface area contributed by atoms with Crippen LogP contribution in [0.3, 0.4) is 0 Å². The summed E-state index contributed by atoms with van der Waals surface area (Å²) in [7, 11) is 0. The first-order valence-corrected chi connectivity index (χ1v) is 5.05. The molecule has 1 heterocycles. The van der Waals surface area contributed by atoms with Crippen LogP contribution in [0.15, 0.2) is 12.1 Å². The lowest BCUT2D eigenvalue weighted by Gasteiger charge is -2.08. The van der Waals surface area contributed by atoms with Crippen LogP contribution in [-0.2, 0) is 6.54 Å². The highest BCUT2D eigenvalue weighted by Gasteiger charge is 2.11. The third-order valence-corrected chi connectivity index (χ3v) is 2.49. The minimum atomic E-state index is -0.917. The van der Waals surface area contributed by atoms with Crippen molar-refractivity contribution in [3.8, 4) is 0 Å². The highest BCUT2D eigenvalue weighted by atomic mass is 19.2. The van der Waals surface area contributed by atoms with Gasteiger partial charge in [0.2, 0.25) is 0 Å². The monoisotopic (exact) mass is 226 g/mol. The fourth-order valence-electron chi connectivity index (χ4n) is 1.45. The van der Waals surface area contributed by atoms with Crippen LogP contribution in [0.2, 0.25) is 0 Å². The quantitative estimate of drug-likeness (QED) is 0.861. The Morgan fingerprint density at radius 3 is 2.75 bits per heavy atom. The molecule has 16 heavy (non-hydrogen) atoms. The molecule has 2 rings (SSSR count). The lowest BCUT2D eigenvalue weighted by Crippen LogP contribution is -2.25. The zero-order valence-corrected chi connectivity index (χ0v) is 8.82. The number of nitrogens with zero attached hydrogens (tertiary/aromatic N) is 3. The van der Waals surface area contributed by atoms with Crippen molar-refractivity contribution in [2.75, 3.05) is 0 Å². The predicted octanol–water partition coefficient (Wildman–Crippen LogP) is 1.45.